The van der Waals surface area contributed by atoms with Gasteiger partial charge in [0.25, 0.3) is 0 Å². The highest BCUT2D eigenvalue weighted by atomic mass is 14.2. The van der Waals surface area contributed by atoms with E-state index in [1.54, 1.807) is 0 Å². The van der Waals surface area contributed by atoms with Crippen molar-refractivity contribution >= 4 is 0 Å². The highest BCUT2D eigenvalue weighted by Gasteiger charge is 2.13. The zero-order valence-corrected chi connectivity index (χ0v) is 18.9. The fraction of sp³-hybridized carbons (Fsp3) is 0.267. The van der Waals surface area contributed by atoms with Crippen molar-refractivity contribution < 1.29 is 0 Å². The van der Waals surface area contributed by atoms with Crippen LogP contribution in [-0.2, 0) is 10.8 Å². The zero-order chi connectivity index (χ0) is 21.8. The van der Waals surface area contributed by atoms with E-state index in [-0.39, 0.29) is 10.8 Å². The van der Waals surface area contributed by atoms with Gasteiger partial charge in [-0.1, -0.05) is 95.6 Å². The molecule has 3 rings (SSSR count). The summed E-state index contributed by atoms with van der Waals surface area (Å²) in [5.74, 6) is 13.1. The Balaban J connectivity index is 1.75. The smallest absolute Gasteiger partial charge is 0.0261 e. The molecule has 30 heavy (non-hydrogen) atoms. The van der Waals surface area contributed by atoms with Crippen LogP contribution in [0.5, 0.6) is 0 Å². The average Bonchev–Trinajstić information content (AvgIpc) is 2.70. The van der Waals surface area contributed by atoms with Gasteiger partial charge in [0.2, 0.25) is 0 Å². The Morgan fingerprint density at radius 1 is 0.433 bits per heavy atom. The topological polar surface area (TPSA) is 0 Å². The van der Waals surface area contributed by atoms with Crippen LogP contribution in [0.2, 0.25) is 0 Å². The van der Waals surface area contributed by atoms with Gasteiger partial charge in [-0.25, -0.2) is 0 Å². The standard InChI is InChI=1S/C30H30/c1-29(2,3)27-18-14-23(15-19-27)10-12-25-8-7-9-26(22-25)13-11-24-16-20-28(21-17-24)30(4,5)6/h7-9,14-22H,1-6H3. The molecule has 0 unspecified atom stereocenters. The second kappa shape index (κ2) is 8.65. The minimum Gasteiger partial charge on any atom is -0.0617 e. The van der Waals surface area contributed by atoms with E-state index in [4.69, 9.17) is 0 Å². The van der Waals surface area contributed by atoms with E-state index in [1.165, 1.54) is 11.1 Å². The molecule has 0 aromatic heterocycles. The normalized spacial score (nSPS) is 11.1. The first-order chi connectivity index (χ1) is 14.1. The first-order valence-corrected chi connectivity index (χ1v) is 10.5. The molecular weight excluding hydrogens is 360 g/mol. The van der Waals surface area contributed by atoms with Gasteiger partial charge in [-0.2, -0.15) is 0 Å². The van der Waals surface area contributed by atoms with Crippen molar-refractivity contribution in [1.29, 1.82) is 0 Å². The maximum atomic E-state index is 3.26. The quantitative estimate of drug-likeness (QED) is 0.360. The summed E-state index contributed by atoms with van der Waals surface area (Å²) in [4.78, 5) is 0. The van der Waals surface area contributed by atoms with Gasteiger partial charge >= 0.3 is 0 Å². The molecule has 0 spiro atoms. The lowest BCUT2D eigenvalue weighted by Crippen LogP contribution is -2.10. The summed E-state index contributed by atoms with van der Waals surface area (Å²) >= 11 is 0. The Morgan fingerprint density at radius 3 is 1.10 bits per heavy atom. The number of hydrogen-bond donors (Lipinski definition) is 0. The van der Waals surface area contributed by atoms with E-state index in [0.29, 0.717) is 0 Å². The van der Waals surface area contributed by atoms with Crippen LogP contribution in [0.3, 0.4) is 0 Å². The van der Waals surface area contributed by atoms with Crippen LogP contribution in [0.1, 0.15) is 74.9 Å². The summed E-state index contributed by atoms with van der Waals surface area (Å²) in [6.07, 6.45) is 0. The third-order valence-electron chi connectivity index (χ3n) is 5.07. The van der Waals surface area contributed by atoms with E-state index in [0.717, 1.165) is 22.3 Å². The van der Waals surface area contributed by atoms with Crippen molar-refractivity contribution in [3.8, 4) is 23.7 Å². The minimum atomic E-state index is 0.159. The van der Waals surface area contributed by atoms with E-state index in [1.807, 2.05) is 24.3 Å². The van der Waals surface area contributed by atoms with Gasteiger partial charge in [-0.05, 0) is 64.4 Å². The Hall–Kier alpha value is -3.22. The van der Waals surface area contributed by atoms with Crippen LogP contribution in [-0.4, -0.2) is 0 Å². The summed E-state index contributed by atoms with van der Waals surface area (Å²) in [5, 5.41) is 0. The number of rotatable bonds is 0. The highest BCUT2D eigenvalue weighted by molar-refractivity contribution is 5.49. The third-order valence-corrected chi connectivity index (χ3v) is 5.07. The van der Waals surface area contributed by atoms with Crippen molar-refractivity contribution in [1.82, 2.24) is 0 Å². The van der Waals surface area contributed by atoms with Gasteiger partial charge in [-0.15, -0.1) is 0 Å². The molecule has 0 aliphatic carbocycles. The summed E-state index contributed by atoms with van der Waals surface area (Å²) in [6, 6.07) is 25.2. The average molecular weight is 391 g/mol. The Labute approximate surface area is 182 Å². The molecule has 0 atom stereocenters. The largest absolute Gasteiger partial charge is 0.0617 e. The van der Waals surface area contributed by atoms with Crippen LogP contribution in [0, 0.1) is 23.7 Å². The monoisotopic (exact) mass is 390 g/mol. The first-order valence-electron chi connectivity index (χ1n) is 10.5. The Kier molecular flexibility index (Phi) is 6.20. The molecule has 0 heterocycles. The van der Waals surface area contributed by atoms with E-state index >= 15 is 0 Å². The number of benzene rings is 3. The molecule has 0 radical (unpaired) electrons. The van der Waals surface area contributed by atoms with Crippen LogP contribution < -0.4 is 0 Å². The Morgan fingerprint density at radius 2 is 0.767 bits per heavy atom. The zero-order valence-electron chi connectivity index (χ0n) is 18.9. The maximum Gasteiger partial charge on any atom is 0.0261 e. The molecule has 0 heteroatoms. The lowest BCUT2D eigenvalue weighted by atomic mass is 9.87. The highest BCUT2D eigenvalue weighted by Crippen LogP contribution is 2.23. The minimum absolute atomic E-state index is 0.159. The molecule has 0 bridgehead atoms. The second-order valence-electron chi connectivity index (χ2n) is 9.74. The summed E-state index contributed by atoms with van der Waals surface area (Å²) in [7, 11) is 0. The Bertz CT molecular complexity index is 1030. The molecule has 3 aromatic carbocycles. The van der Waals surface area contributed by atoms with Crippen molar-refractivity contribution in [3.05, 3.63) is 106 Å². The molecule has 150 valence electrons. The first kappa shape index (κ1) is 21.5. The fourth-order valence-corrected chi connectivity index (χ4v) is 3.07. The van der Waals surface area contributed by atoms with E-state index in [2.05, 4.69) is 114 Å². The van der Waals surface area contributed by atoms with Crippen molar-refractivity contribution in [2.75, 3.05) is 0 Å². The third kappa shape index (κ3) is 5.89. The number of hydrogen-bond acceptors (Lipinski definition) is 0. The van der Waals surface area contributed by atoms with Crippen LogP contribution in [0.15, 0.2) is 72.8 Å². The molecule has 0 nitrogen and oxygen atoms in total. The summed E-state index contributed by atoms with van der Waals surface area (Å²) in [5.41, 5.74) is 6.96. The fourth-order valence-electron chi connectivity index (χ4n) is 3.07. The van der Waals surface area contributed by atoms with Crippen molar-refractivity contribution in [2.24, 2.45) is 0 Å². The van der Waals surface area contributed by atoms with Gasteiger partial charge in [0.05, 0.1) is 0 Å². The predicted molar refractivity (Wildman–Crippen MR) is 129 cm³/mol. The molecule has 0 aliphatic heterocycles. The van der Waals surface area contributed by atoms with E-state index in [9.17, 15) is 0 Å². The SMILES string of the molecule is CC(C)(C)c1ccc(C#Cc2cccc(C#Cc3ccc(C(C)(C)C)cc3)c2)cc1. The molecule has 0 amide bonds. The van der Waals surface area contributed by atoms with Gasteiger partial charge in [-0.3, -0.25) is 0 Å². The molecular formula is C30H30. The molecule has 0 saturated carbocycles. The predicted octanol–water partition coefficient (Wildman–Crippen LogP) is 7.08. The van der Waals surface area contributed by atoms with Gasteiger partial charge in [0, 0.05) is 22.3 Å². The molecule has 3 aromatic rings. The van der Waals surface area contributed by atoms with Crippen molar-refractivity contribution in [2.45, 2.75) is 52.4 Å². The van der Waals surface area contributed by atoms with E-state index < -0.39 is 0 Å². The van der Waals surface area contributed by atoms with Gasteiger partial charge in [0.15, 0.2) is 0 Å². The summed E-state index contributed by atoms with van der Waals surface area (Å²) < 4.78 is 0. The summed E-state index contributed by atoms with van der Waals surface area (Å²) in [6.45, 7) is 13.3. The second-order valence-corrected chi connectivity index (χ2v) is 9.74. The molecule has 0 fully saturated rings. The lowest BCUT2D eigenvalue weighted by molar-refractivity contribution is 0.590. The van der Waals surface area contributed by atoms with Crippen LogP contribution in [0.25, 0.3) is 0 Å². The lowest BCUT2D eigenvalue weighted by Gasteiger charge is -2.18. The van der Waals surface area contributed by atoms with Crippen LogP contribution in [0.4, 0.5) is 0 Å². The van der Waals surface area contributed by atoms with Gasteiger partial charge in [0.1, 0.15) is 0 Å². The molecule has 0 saturated heterocycles. The van der Waals surface area contributed by atoms with Crippen molar-refractivity contribution in [3.63, 3.8) is 0 Å². The van der Waals surface area contributed by atoms with Crippen LogP contribution >= 0.6 is 0 Å². The molecule has 0 N–H and O–H groups in total. The molecule has 0 aliphatic rings. The van der Waals surface area contributed by atoms with Gasteiger partial charge < -0.3 is 0 Å². The maximum absolute atomic E-state index is 3.26.